The molecule has 19 heavy (non-hydrogen) atoms. The zero-order chi connectivity index (χ0) is 13.7. The number of hydrogen-bond acceptors (Lipinski definition) is 6. The van der Waals surface area contributed by atoms with E-state index in [1.807, 2.05) is 12.1 Å². The van der Waals surface area contributed by atoms with Gasteiger partial charge in [-0.3, -0.25) is 4.79 Å². The van der Waals surface area contributed by atoms with E-state index in [4.69, 9.17) is 14.6 Å². The summed E-state index contributed by atoms with van der Waals surface area (Å²) in [5, 5.41) is 19.7. The Labute approximate surface area is 108 Å². The number of hydrogen-bond donors (Lipinski definition) is 1. The molecule has 0 radical (unpaired) electrons. The molecule has 8 nitrogen and oxygen atoms in total. The van der Waals surface area contributed by atoms with Crippen molar-refractivity contribution in [2.45, 2.75) is 13.2 Å². The number of aliphatic carboxylic acids is 1. The highest BCUT2D eigenvalue weighted by Crippen LogP contribution is 2.26. The van der Waals surface area contributed by atoms with E-state index < -0.39 is 5.97 Å². The summed E-state index contributed by atoms with van der Waals surface area (Å²) in [7, 11) is 1.55. The summed E-state index contributed by atoms with van der Waals surface area (Å²) in [4.78, 5) is 11.5. The first kappa shape index (κ1) is 12.8. The van der Waals surface area contributed by atoms with Gasteiger partial charge in [-0.2, -0.15) is 4.80 Å². The Kier molecular flexibility index (Phi) is 3.91. The van der Waals surface area contributed by atoms with Crippen LogP contribution in [0.4, 0.5) is 0 Å². The van der Waals surface area contributed by atoms with Crippen molar-refractivity contribution in [3.63, 3.8) is 0 Å². The van der Waals surface area contributed by atoms with Crippen LogP contribution in [0.15, 0.2) is 24.3 Å². The van der Waals surface area contributed by atoms with Crippen LogP contribution >= 0.6 is 0 Å². The molecule has 100 valence electrons. The van der Waals surface area contributed by atoms with Crippen molar-refractivity contribution in [3.8, 4) is 11.5 Å². The molecule has 0 aliphatic rings. The molecule has 0 fully saturated rings. The molecular weight excluding hydrogens is 252 g/mol. The molecule has 0 unspecified atom stereocenters. The first-order valence-corrected chi connectivity index (χ1v) is 5.43. The summed E-state index contributed by atoms with van der Waals surface area (Å²) in [6, 6.07) is 7.16. The summed E-state index contributed by atoms with van der Waals surface area (Å²) < 4.78 is 10.6. The Balaban J connectivity index is 1.98. The van der Waals surface area contributed by atoms with Gasteiger partial charge in [-0.05, 0) is 17.3 Å². The molecule has 0 amide bonds. The summed E-state index contributed by atoms with van der Waals surface area (Å²) in [5.41, 5.74) is 0. The van der Waals surface area contributed by atoms with E-state index in [0.717, 1.165) is 4.80 Å². The fourth-order valence-corrected chi connectivity index (χ4v) is 1.40. The topological polar surface area (TPSA) is 99.4 Å². The highest BCUT2D eigenvalue weighted by Gasteiger charge is 2.08. The van der Waals surface area contributed by atoms with Gasteiger partial charge in [-0.1, -0.05) is 12.1 Å². The Morgan fingerprint density at radius 3 is 2.79 bits per heavy atom. The number of tetrazole rings is 1. The highest BCUT2D eigenvalue weighted by atomic mass is 16.5. The lowest BCUT2D eigenvalue weighted by Gasteiger charge is -2.07. The van der Waals surface area contributed by atoms with E-state index in [-0.39, 0.29) is 13.2 Å². The Morgan fingerprint density at radius 2 is 2.11 bits per heavy atom. The van der Waals surface area contributed by atoms with E-state index in [1.165, 1.54) is 0 Å². The average molecular weight is 264 g/mol. The lowest BCUT2D eigenvalue weighted by Crippen LogP contribution is -2.12. The number of carboxylic acids is 1. The fourth-order valence-electron chi connectivity index (χ4n) is 1.40. The first-order valence-electron chi connectivity index (χ1n) is 5.43. The van der Waals surface area contributed by atoms with E-state index in [2.05, 4.69) is 15.4 Å². The molecule has 0 spiro atoms. The number of rotatable bonds is 6. The zero-order valence-electron chi connectivity index (χ0n) is 10.2. The summed E-state index contributed by atoms with van der Waals surface area (Å²) in [5.74, 6) is 0.418. The van der Waals surface area contributed by atoms with Crippen LogP contribution in [0.5, 0.6) is 11.5 Å². The third-order valence-electron chi connectivity index (χ3n) is 2.20. The van der Waals surface area contributed by atoms with Crippen LogP contribution in [0.3, 0.4) is 0 Å². The molecule has 0 aliphatic heterocycles. The summed E-state index contributed by atoms with van der Waals surface area (Å²) >= 11 is 0. The SMILES string of the molecule is COc1ccccc1OCc1nnn(CC(=O)O)n1. The second kappa shape index (κ2) is 5.80. The quantitative estimate of drug-likeness (QED) is 0.803. The largest absolute Gasteiger partial charge is 0.493 e. The number of nitrogens with zero attached hydrogens (tertiary/aromatic N) is 4. The molecular formula is C11H12N4O4. The third-order valence-corrected chi connectivity index (χ3v) is 2.20. The number of carbonyl (C=O) groups is 1. The van der Waals surface area contributed by atoms with Gasteiger partial charge in [0.1, 0.15) is 0 Å². The van der Waals surface area contributed by atoms with Crippen molar-refractivity contribution in [1.82, 2.24) is 20.2 Å². The van der Waals surface area contributed by atoms with E-state index in [9.17, 15) is 4.79 Å². The fraction of sp³-hybridized carbons (Fsp3) is 0.273. The number of para-hydroxylation sites is 2. The average Bonchev–Trinajstić information content (AvgIpc) is 2.83. The molecule has 0 aliphatic carbocycles. The minimum Gasteiger partial charge on any atom is -0.493 e. The van der Waals surface area contributed by atoms with Gasteiger partial charge in [0.05, 0.1) is 7.11 Å². The number of ether oxygens (including phenoxy) is 2. The molecule has 2 rings (SSSR count). The third kappa shape index (κ3) is 3.41. The van der Waals surface area contributed by atoms with Crippen LogP contribution in [-0.4, -0.2) is 38.4 Å². The normalized spacial score (nSPS) is 10.2. The van der Waals surface area contributed by atoms with Gasteiger partial charge in [-0.25, -0.2) is 0 Å². The number of benzene rings is 1. The molecule has 1 aromatic carbocycles. The second-order valence-corrected chi connectivity index (χ2v) is 3.57. The predicted octanol–water partition coefficient (Wildman–Crippen LogP) is 0.345. The maximum Gasteiger partial charge on any atom is 0.327 e. The van der Waals surface area contributed by atoms with E-state index >= 15 is 0 Å². The Bertz CT molecular complexity index is 569. The molecule has 0 saturated heterocycles. The maximum atomic E-state index is 10.5. The van der Waals surface area contributed by atoms with Crippen molar-refractivity contribution in [2.75, 3.05) is 7.11 Å². The molecule has 0 saturated carbocycles. The van der Waals surface area contributed by atoms with Gasteiger partial charge in [-0.15, -0.1) is 10.2 Å². The van der Waals surface area contributed by atoms with Crippen molar-refractivity contribution < 1.29 is 19.4 Å². The van der Waals surface area contributed by atoms with Crippen molar-refractivity contribution in [3.05, 3.63) is 30.1 Å². The minimum absolute atomic E-state index is 0.0833. The van der Waals surface area contributed by atoms with Crippen LogP contribution in [0.2, 0.25) is 0 Å². The van der Waals surface area contributed by atoms with E-state index in [1.54, 1.807) is 19.2 Å². The van der Waals surface area contributed by atoms with E-state index in [0.29, 0.717) is 17.3 Å². The molecule has 0 bridgehead atoms. The standard InChI is InChI=1S/C11H12N4O4/c1-18-8-4-2-3-5-9(8)19-7-10-12-14-15(13-10)6-11(16)17/h2-5H,6-7H2,1H3,(H,16,17). The zero-order valence-corrected chi connectivity index (χ0v) is 10.2. The first-order chi connectivity index (χ1) is 9.19. The van der Waals surface area contributed by atoms with Gasteiger partial charge in [0.15, 0.2) is 24.7 Å². The second-order valence-electron chi connectivity index (χ2n) is 3.57. The van der Waals surface area contributed by atoms with Crippen LogP contribution in [0.25, 0.3) is 0 Å². The van der Waals surface area contributed by atoms with Crippen LogP contribution in [0.1, 0.15) is 5.82 Å². The molecule has 1 aromatic heterocycles. The number of aromatic nitrogens is 4. The number of carboxylic acid groups (broad SMARTS) is 1. The van der Waals surface area contributed by atoms with Crippen LogP contribution < -0.4 is 9.47 Å². The number of methoxy groups -OCH3 is 1. The lowest BCUT2D eigenvalue weighted by atomic mass is 10.3. The molecule has 1 N–H and O–H groups in total. The molecule has 2 aromatic rings. The smallest absolute Gasteiger partial charge is 0.327 e. The van der Waals surface area contributed by atoms with Crippen molar-refractivity contribution in [2.24, 2.45) is 0 Å². The van der Waals surface area contributed by atoms with Gasteiger partial charge < -0.3 is 14.6 Å². The van der Waals surface area contributed by atoms with Crippen molar-refractivity contribution >= 4 is 5.97 Å². The van der Waals surface area contributed by atoms with Crippen LogP contribution in [0, 0.1) is 0 Å². The maximum absolute atomic E-state index is 10.5. The van der Waals surface area contributed by atoms with Crippen LogP contribution in [-0.2, 0) is 17.9 Å². The monoisotopic (exact) mass is 264 g/mol. The molecule has 1 heterocycles. The Hall–Kier alpha value is -2.64. The van der Waals surface area contributed by atoms with Gasteiger partial charge in [0, 0.05) is 0 Å². The Morgan fingerprint density at radius 1 is 1.37 bits per heavy atom. The molecule has 8 heteroatoms. The van der Waals surface area contributed by atoms with Gasteiger partial charge in [0.25, 0.3) is 0 Å². The summed E-state index contributed by atoms with van der Waals surface area (Å²) in [6.45, 7) is -0.248. The molecule has 0 atom stereocenters. The van der Waals surface area contributed by atoms with Crippen molar-refractivity contribution in [1.29, 1.82) is 0 Å². The minimum atomic E-state index is -1.03. The summed E-state index contributed by atoms with van der Waals surface area (Å²) in [6.07, 6.45) is 0. The lowest BCUT2D eigenvalue weighted by molar-refractivity contribution is -0.138. The predicted molar refractivity (Wildman–Crippen MR) is 62.8 cm³/mol. The highest BCUT2D eigenvalue weighted by molar-refractivity contribution is 5.66. The van der Waals surface area contributed by atoms with Gasteiger partial charge >= 0.3 is 5.97 Å². The van der Waals surface area contributed by atoms with Gasteiger partial charge in [0.2, 0.25) is 5.82 Å².